The normalized spacial score (nSPS) is 30.5. The van der Waals surface area contributed by atoms with Gasteiger partial charge in [-0.25, -0.2) is 0 Å². The van der Waals surface area contributed by atoms with E-state index in [-0.39, 0.29) is 6.29 Å². The molecule has 90 valence electrons. The van der Waals surface area contributed by atoms with Crippen LogP contribution in [0.5, 0.6) is 0 Å². The lowest BCUT2D eigenvalue weighted by Gasteiger charge is -2.35. The van der Waals surface area contributed by atoms with E-state index in [1.54, 1.807) is 6.26 Å². The molecule has 0 amide bonds. The zero-order chi connectivity index (χ0) is 11.4. The molecule has 0 spiro atoms. The summed E-state index contributed by atoms with van der Waals surface area (Å²) in [6, 6.07) is 3.77. The summed E-state index contributed by atoms with van der Waals surface area (Å²) >= 11 is 0. The quantitative estimate of drug-likeness (QED) is 0.784. The third-order valence-corrected chi connectivity index (χ3v) is 3.16. The Labute approximate surface area is 96.7 Å². The van der Waals surface area contributed by atoms with Crippen LogP contribution in [0, 0.1) is 5.92 Å². The van der Waals surface area contributed by atoms with Crippen molar-refractivity contribution in [1.82, 2.24) is 0 Å². The molecule has 0 unspecified atom stereocenters. The fourth-order valence-electron chi connectivity index (χ4n) is 2.17. The molecule has 3 atom stereocenters. The van der Waals surface area contributed by atoms with Gasteiger partial charge < -0.3 is 13.9 Å². The van der Waals surface area contributed by atoms with Crippen molar-refractivity contribution in [2.45, 2.75) is 45.5 Å². The van der Waals surface area contributed by atoms with Crippen LogP contribution in [0.1, 0.15) is 45.2 Å². The van der Waals surface area contributed by atoms with Crippen LogP contribution >= 0.6 is 0 Å². The number of rotatable bonds is 4. The highest BCUT2D eigenvalue weighted by molar-refractivity contribution is 5.00. The highest BCUT2D eigenvalue weighted by Crippen LogP contribution is 2.32. The molecule has 1 fully saturated rings. The van der Waals surface area contributed by atoms with Gasteiger partial charge in [0.25, 0.3) is 0 Å². The Kier molecular flexibility index (Phi) is 4.02. The molecule has 0 saturated carbocycles. The standard InChI is InChI=1S/C13H20O3/c1-3-6-11-10(4-2)9-15-13(16-11)12-7-5-8-14-12/h5,7-8,10-11,13H,3-4,6,9H2,1-2H3/t10-,11+,13+/m1/s1. The average molecular weight is 224 g/mol. The molecule has 1 aliphatic heterocycles. The summed E-state index contributed by atoms with van der Waals surface area (Å²) in [5.41, 5.74) is 0. The average Bonchev–Trinajstić information content (AvgIpc) is 2.83. The first-order chi connectivity index (χ1) is 7.85. The Morgan fingerprint density at radius 2 is 2.25 bits per heavy atom. The molecule has 1 aromatic heterocycles. The van der Waals surface area contributed by atoms with Crippen molar-refractivity contribution in [1.29, 1.82) is 0 Å². The third kappa shape index (κ3) is 2.47. The molecule has 0 bridgehead atoms. The van der Waals surface area contributed by atoms with Gasteiger partial charge in [0.05, 0.1) is 19.0 Å². The Morgan fingerprint density at radius 3 is 2.88 bits per heavy atom. The second kappa shape index (κ2) is 5.51. The molecule has 16 heavy (non-hydrogen) atoms. The van der Waals surface area contributed by atoms with Crippen molar-refractivity contribution < 1.29 is 13.9 Å². The van der Waals surface area contributed by atoms with Crippen molar-refractivity contribution in [2.24, 2.45) is 5.92 Å². The number of ether oxygens (including phenoxy) is 2. The van der Waals surface area contributed by atoms with Crippen molar-refractivity contribution in [3.63, 3.8) is 0 Å². The Balaban J connectivity index is 2.00. The van der Waals surface area contributed by atoms with Gasteiger partial charge in [0.15, 0.2) is 5.76 Å². The highest BCUT2D eigenvalue weighted by Gasteiger charge is 2.32. The maximum atomic E-state index is 5.96. The largest absolute Gasteiger partial charge is 0.464 e. The summed E-state index contributed by atoms with van der Waals surface area (Å²) in [5, 5.41) is 0. The lowest BCUT2D eigenvalue weighted by molar-refractivity contribution is -0.249. The van der Waals surface area contributed by atoms with Crippen LogP contribution in [0.15, 0.2) is 22.8 Å². The summed E-state index contributed by atoms with van der Waals surface area (Å²) < 4.78 is 17.0. The second-order valence-corrected chi connectivity index (χ2v) is 4.31. The minimum atomic E-state index is -0.311. The first-order valence-corrected chi connectivity index (χ1v) is 6.15. The van der Waals surface area contributed by atoms with Crippen LogP contribution in [-0.2, 0) is 9.47 Å². The van der Waals surface area contributed by atoms with E-state index in [9.17, 15) is 0 Å². The molecule has 3 heteroatoms. The van der Waals surface area contributed by atoms with Gasteiger partial charge in [-0.15, -0.1) is 0 Å². The maximum absolute atomic E-state index is 5.96. The van der Waals surface area contributed by atoms with Gasteiger partial charge >= 0.3 is 0 Å². The fraction of sp³-hybridized carbons (Fsp3) is 0.692. The summed E-state index contributed by atoms with van der Waals surface area (Å²) in [4.78, 5) is 0. The molecular weight excluding hydrogens is 204 g/mol. The van der Waals surface area contributed by atoms with Gasteiger partial charge in [-0.3, -0.25) is 0 Å². The molecule has 1 aromatic rings. The van der Waals surface area contributed by atoms with Gasteiger partial charge in [0, 0.05) is 5.92 Å². The SMILES string of the molecule is CCC[C@@H]1O[C@@H](c2ccco2)OC[C@H]1CC. The van der Waals surface area contributed by atoms with Crippen molar-refractivity contribution >= 4 is 0 Å². The van der Waals surface area contributed by atoms with E-state index in [2.05, 4.69) is 13.8 Å². The molecule has 0 aliphatic carbocycles. The Bertz CT molecular complexity index is 294. The highest BCUT2D eigenvalue weighted by atomic mass is 16.7. The molecule has 0 N–H and O–H groups in total. The Hall–Kier alpha value is -0.800. The van der Waals surface area contributed by atoms with Gasteiger partial charge in [-0.05, 0) is 25.0 Å². The number of hydrogen-bond acceptors (Lipinski definition) is 3. The topological polar surface area (TPSA) is 31.6 Å². The van der Waals surface area contributed by atoms with Gasteiger partial charge in [-0.2, -0.15) is 0 Å². The van der Waals surface area contributed by atoms with Crippen LogP contribution in [0.2, 0.25) is 0 Å². The van der Waals surface area contributed by atoms with Crippen LogP contribution < -0.4 is 0 Å². The van der Waals surface area contributed by atoms with Gasteiger partial charge in [0.2, 0.25) is 6.29 Å². The predicted molar refractivity (Wildman–Crippen MR) is 61.0 cm³/mol. The molecule has 1 aliphatic rings. The van der Waals surface area contributed by atoms with Crippen LogP contribution in [0.4, 0.5) is 0 Å². The molecule has 0 aromatic carbocycles. The predicted octanol–water partition coefficient (Wildman–Crippen LogP) is 3.52. The Morgan fingerprint density at radius 1 is 1.38 bits per heavy atom. The number of furan rings is 1. The lowest BCUT2D eigenvalue weighted by Crippen LogP contribution is -2.35. The van der Waals surface area contributed by atoms with Crippen LogP contribution in [0.25, 0.3) is 0 Å². The summed E-state index contributed by atoms with van der Waals surface area (Å²) in [5.74, 6) is 1.29. The fourth-order valence-corrected chi connectivity index (χ4v) is 2.17. The smallest absolute Gasteiger partial charge is 0.217 e. The van der Waals surface area contributed by atoms with E-state index in [1.807, 2.05) is 12.1 Å². The minimum Gasteiger partial charge on any atom is -0.464 e. The second-order valence-electron chi connectivity index (χ2n) is 4.31. The number of hydrogen-bond donors (Lipinski definition) is 0. The van der Waals surface area contributed by atoms with E-state index >= 15 is 0 Å². The lowest BCUT2D eigenvalue weighted by atomic mass is 9.96. The first-order valence-electron chi connectivity index (χ1n) is 6.15. The van der Waals surface area contributed by atoms with Gasteiger partial charge in [0.1, 0.15) is 0 Å². The zero-order valence-corrected chi connectivity index (χ0v) is 10.0. The molecule has 2 heterocycles. The van der Waals surface area contributed by atoms with Crippen LogP contribution in [-0.4, -0.2) is 12.7 Å². The maximum Gasteiger partial charge on any atom is 0.217 e. The van der Waals surface area contributed by atoms with E-state index in [0.717, 1.165) is 31.6 Å². The monoisotopic (exact) mass is 224 g/mol. The molecular formula is C13H20O3. The first kappa shape index (κ1) is 11.7. The van der Waals surface area contributed by atoms with Crippen molar-refractivity contribution in [2.75, 3.05) is 6.61 Å². The zero-order valence-electron chi connectivity index (χ0n) is 10.0. The van der Waals surface area contributed by atoms with E-state index in [4.69, 9.17) is 13.9 Å². The van der Waals surface area contributed by atoms with E-state index in [1.165, 1.54) is 0 Å². The van der Waals surface area contributed by atoms with E-state index in [0.29, 0.717) is 12.0 Å². The van der Waals surface area contributed by atoms with Crippen molar-refractivity contribution in [3.8, 4) is 0 Å². The summed E-state index contributed by atoms with van der Waals surface area (Å²) in [7, 11) is 0. The molecule has 1 saturated heterocycles. The summed E-state index contributed by atoms with van der Waals surface area (Å²) in [6.45, 7) is 5.15. The summed E-state index contributed by atoms with van der Waals surface area (Å²) in [6.07, 6.45) is 5.00. The van der Waals surface area contributed by atoms with Gasteiger partial charge in [-0.1, -0.05) is 20.3 Å². The molecule has 0 radical (unpaired) electrons. The van der Waals surface area contributed by atoms with Crippen molar-refractivity contribution in [3.05, 3.63) is 24.2 Å². The third-order valence-electron chi connectivity index (χ3n) is 3.16. The minimum absolute atomic E-state index is 0.304. The van der Waals surface area contributed by atoms with Crippen LogP contribution in [0.3, 0.4) is 0 Å². The molecule has 2 rings (SSSR count). The molecule has 3 nitrogen and oxygen atoms in total. The van der Waals surface area contributed by atoms with E-state index < -0.39 is 0 Å².